The average molecular weight is 223 g/mol. The van der Waals surface area contributed by atoms with Crippen LogP contribution in [-0.4, -0.2) is 0 Å². The maximum absolute atomic E-state index is 6.19. The number of benzene rings is 2. The molecule has 1 fully saturated rings. The molecule has 0 heterocycles. The molecular formula is C16H17N. The molecule has 1 atom stereocenters. The van der Waals surface area contributed by atoms with Gasteiger partial charge in [-0.05, 0) is 35.4 Å². The molecule has 2 N–H and O–H groups in total. The zero-order valence-electron chi connectivity index (χ0n) is 9.84. The molecule has 1 aliphatic carbocycles. The highest BCUT2D eigenvalue weighted by Gasteiger charge is 2.29. The average Bonchev–Trinajstić information content (AvgIpc) is 3.24. The Morgan fingerprint density at radius 1 is 0.824 bits per heavy atom. The third kappa shape index (κ3) is 2.25. The number of nitrogens with two attached hydrogens (primary N) is 1. The Kier molecular flexibility index (Phi) is 2.69. The lowest BCUT2D eigenvalue weighted by Crippen LogP contribution is -2.11. The van der Waals surface area contributed by atoms with E-state index >= 15 is 0 Å². The molecule has 17 heavy (non-hydrogen) atoms. The Labute approximate surface area is 102 Å². The summed E-state index contributed by atoms with van der Waals surface area (Å²) in [7, 11) is 0. The first-order valence-electron chi connectivity index (χ1n) is 6.25. The topological polar surface area (TPSA) is 26.0 Å². The van der Waals surface area contributed by atoms with E-state index in [9.17, 15) is 0 Å². The van der Waals surface area contributed by atoms with Gasteiger partial charge in [0.05, 0.1) is 0 Å². The molecule has 0 amide bonds. The van der Waals surface area contributed by atoms with Crippen molar-refractivity contribution in [2.24, 2.45) is 11.7 Å². The molecule has 2 aromatic rings. The van der Waals surface area contributed by atoms with Crippen molar-refractivity contribution in [3.8, 4) is 11.1 Å². The molecule has 0 spiro atoms. The van der Waals surface area contributed by atoms with Crippen molar-refractivity contribution in [1.29, 1.82) is 0 Å². The van der Waals surface area contributed by atoms with E-state index in [1.54, 1.807) is 0 Å². The zero-order valence-corrected chi connectivity index (χ0v) is 9.84. The van der Waals surface area contributed by atoms with Crippen molar-refractivity contribution in [3.05, 3.63) is 60.2 Å². The lowest BCUT2D eigenvalue weighted by Gasteiger charge is -2.11. The predicted molar refractivity (Wildman–Crippen MR) is 71.5 cm³/mol. The Hall–Kier alpha value is -1.60. The maximum atomic E-state index is 6.19. The van der Waals surface area contributed by atoms with Gasteiger partial charge in [-0.1, -0.05) is 54.6 Å². The van der Waals surface area contributed by atoms with Gasteiger partial charge in [0, 0.05) is 6.04 Å². The molecule has 86 valence electrons. The highest BCUT2D eigenvalue weighted by Crippen LogP contribution is 2.39. The van der Waals surface area contributed by atoms with E-state index in [1.165, 1.54) is 29.5 Å². The van der Waals surface area contributed by atoms with E-state index in [4.69, 9.17) is 5.73 Å². The van der Waals surface area contributed by atoms with Gasteiger partial charge in [0.2, 0.25) is 0 Å². The molecular weight excluding hydrogens is 206 g/mol. The van der Waals surface area contributed by atoms with Crippen LogP contribution in [0.25, 0.3) is 11.1 Å². The van der Waals surface area contributed by atoms with Gasteiger partial charge in [0.25, 0.3) is 0 Å². The second kappa shape index (κ2) is 4.34. The van der Waals surface area contributed by atoms with Crippen molar-refractivity contribution < 1.29 is 0 Å². The van der Waals surface area contributed by atoms with Crippen molar-refractivity contribution in [3.63, 3.8) is 0 Å². The van der Waals surface area contributed by atoms with E-state index in [0.29, 0.717) is 0 Å². The maximum Gasteiger partial charge on any atom is 0.0323 e. The smallest absolute Gasteiger partial charge is 0.0323 e. The summed E-state index contributed by atoms with van der Waals surface area (Å²) in [5.41, 5.74) is 9.98. The Morgan fingerprint density at radius 2 is 1.41 bits per heavy atom. The van der Waals surface area contributed by atoms with Crippen molar-refractivity contribution in [2.45, 2.75) is 18.9 Å². The van der Waals surface area contributed by atoms with Crippen LogP contribution in [0.2, 0.25) is 0 Å². The highest BCUT2D eigenvalue weighted by molar-refractivity contribution is 5.63. The summed E-state index contributed by atoms with van der Waals surface area (Å²) < 4.78 is 0. The third-order valence-corrected chi connectivity index (χ3v) is 3.53. The van der Waals surface area contributed by atoms with Crippen LogP contribution in [0.15, 0.2) is 54.6 Å². The molecule has 0 bridgehead atoms. The lowest BCUT2D eigenvalue weighted by atomic mass is 9.99. The van der Waals surface area contributed by atoms with Crippen molar-refractivity contribution >= 4 is 0 Å². The Morgan fingerprint density at radius 3 is 2.00 bits per heavy atom. The summed E-state index contributed by atoms with van der Waals surface area (Å²) in [5, 5.41) is 0. The van der Waals surface area contributed by atoms with Gasteiger partial charge in [0.15, 0.2) is 0 Å². The van der Waals surface area contributed by atoms with Gasteiger partial charge in [-0.2, -0.15) is 0 Å². The molecule has 0 radical (unpaired) electrons. The van der Waals surface area contributed by atoms with Crippen LogP contribution in [0, 0.1) is 5.92 Å². The molecule has 1 nitrogen and oxygen atoms in total. The van der Waals surface area contributed by atoms with Crippen molar-refractivity contribution in [2.75, 3.05) is 0 Å². The first kappa shape index (κ1) is 10.5. The molecule has 3 rings (SSSR count). The zero-order chi connectivity index (χ0) is 11.7. The largest absolute Gasteiger partial charge is 0.324 e. The first-order valence-corrected chi connectivity index (χ1v) is 6.25. The summed E-state index contributed by atoms with van der Waals surface area (Å²) in [6, 6.07) is 19.4. The SMILES string of the molecule is N[C@H](c1ccc(-c2ccccc2)cc1)C1CC1. The minimum atomic E-state index is 0.236. The van der Waals surface area contributed by atoms with E-state index < -0.39 is 0 Å². The van der Waals surface area contributed by atoms with Crippen LogP contribution in [0.3, 0.4) is 0 Å². The molecule has 0 aromatic heterocycles. The number of hydrogen-bond acceptors (Lipinski definition) is 1. The normalized spacial score (nSPS) is 16.8. The first-order chi connectivity index (χ1) is 8.34. The standard InChI is InChI=1S/C16H17N/c17-16(15-10-11-15)14-8-6-13(7-9-14)12-4-2-1-3-5-12/h1-9,15-16H,10-11,17H2/t16-/m1/s1. The van der Waals surface area contributed by atoms with E-state index in [0.717, 1.165) is 5.92 Å². The van der Waals surface area contributed by atoms with Gasteiger partial charge < -0.3 is 5.73 Å². The van der Waals surface area contributed by atoms with Gasteiger partial charge in [0.1, 0.15) is 0 Å². The lowest BCUT2D eigenvalue weighted by molar-refractivity contribution is 0.633. The van der Waals surface area contributed by atoms with Crippen molar-refractivity contribution in [1.82, 2.24) is 0 Å². The molecule has 1 aliphatic rings. The Balaban J connectivity index is 1.85. The van der Waals surface area contributed by atoms with Crippen LogP contribution < -0.4 is 5.73 Å². The molecule has 2 aromatic carbocycles. The summed E-state index contributed by atoms with van der Waals surface area (Å²) in [5.74, 6) is 0.720. The summed E-state index contributed by atoms with van der Waals surface area (Å²) in [6.07, 6.45) is 2.59. The molecule has 1 saturated carbocycles. The third-order valence-electron chi connectivity index (χ3n) is 3.53. The van der Waals surface area contributed by atoms with Gasteiger partial charge in [-0.15, -0.1) is 0 Å². The fraction of sp³-hybridized carbons (Fsp3) is 0.250. The van der Waals surface area contributed by atoms with E-state index in [1.807, 2.05) is 6.07 Å². The number of hydrogen-bond donors (Lipinski definition) is 1. The monoisotopic (exact) mass is 223 g/mol. The molecule has 1 heteroatoms. The second-order valence-corrected chi connectivity index (χ2v) is 4.85. The van der Waals surface area contributed by atoms with Crippen LogP contribution in [-0.2, 0) is 0 Å². The summed E-state index contributed by atoms with van der Waals surface area (Å²) in [4.78, 5) is 0. The fourth-order valence-corrected chi connectivity index (χ4v) is 2.26. The quantitative estimate of drug-likeness (QED) is 0.842. The van der Waals surface area contributed by atoms with Crippen LogP contribution in [0.4, 0.5) is 0 Å². The minimum absolute atomic E-state index is 0.236. The second-order valence-electron chi connectivity index (χ2n) is 4.85. The minimum Gasteiger partial charge on any atom is -0.324 e. The van der Waals surface area contributed by atoms with Gasteiger partial charge >= 0.3 is 0 Å². The fourth-order valence-electron chi connectivity index (χ4n) is 2.26. The summed E-state index contributed by atoms with van der Waals surface area (Å²) >= 11 is 0. The molecule has 0 aliphatic heterocycles. The Bertz CT molecular complexity index is 483. The van der Waals surface area contributed by atoms with Crippen LogP contribution in [0.1, 0.15) is 24.4 Å². The van der Waals surface area contributed by atoms with Gasteiger partial charge in [-0.25, -0.2) is 0 Å². The number of rotatable bonds is 3. The molecule has 0 saturated heterocycles. The molecule has 0 unspecified atom stereocenters. The van der Waals surface area contributed by atoms with E-state index in [2.05, 4.69) is 48.5 Å². The van der Waals surface area contributed by atoms with Gasteiger partial charge in [-0.3, -0.25) is 0 Å². The van der Waals surface area contributed by atoms with Crippen LogP contribution >= 0.6 is 0 Å². The summed E-state index contributed by atoms with van der Waals surface area (Å²) in [6.45, 7) is 0. The van der Waals surface area contributed by atoms with Crippen LogP contribution in [0.5, 0.6) is 0 Å². The highest BCUT2D eigenvalue weighted by atomic mass is 14.7. The van der Waals surface area contributed by atoms with E-state index in [-0.39, 0.29) is 6.04 Å². The predicted octanol–water partition coefficient (Wildman–Crippen LogP) is 3.76.